The lowest BCUT2D eigenvalue weighted by Gasteiger charge is -2.23. The Morgan fingerprint density at radius 3 is 2.33 bits per heavy atom. The molecule has 5 nitrogen and oxygen atoms in total. The normalized spacial score (nSPS) is 29.0. The van der Waals surface area contributed by atoms with Gasteiger partial charge < -0.3 is 4.90 Å². The Morgan fingerprint density at radius 2 is 1.87 bits per heavy atom. The highest BCUT2D eigenvalue weighted by Gasteiger charge is 2.40. The van der Waals surface area contributed by atoms with Crippen molar-refractivity contribution in [2.24, 2.45) is 5.14 Å². The molecular weight excluding hydrogens is 216 g/mol. The molecule has 0 bridgehead atoms. The third kappa shape index (κ3) is 2.15. The first kappa shape index (κ1) is 10.9. The highest BCUT2D eigenvalue weighted by Crippen LogP contribution is 2.28. The zero-order valence-corrected chi connectivity index (χ0v) is 9.37. The number of nitrogens with two attached hydrogens (primary N) is 1. The summed E-state index contributed by atoms with van der Waals surface area (Å²) in [7, 11) is -3.56. The van der Waals surface area contributed by atoms with Gasteiger partial charge in [-0.05, 0) is 12.8 Å². The molecule has 1 saturated heterocycles. The summed E-state index contributed by atoms with van der Waals surface area (Å²) in [5, 5.41) is 4.37. The summed E-state index contributed by atoms with van der Waals surface area (Å²) in [6, 6.07) is 0.254. The van der Waals surface area contributed by atoms with Gasteiger partial charge in [-0.1, -0.05) is 12.8 Å². The highest BCUT2D eigenvalue weighted by atomic mass is 32.2. The lowest BCUT2D eigenvalue weighted by atomic mass is 10.2. The fourth-order valence-corrected chi connectivity index (χ4v) is 3.23. The van der Waals surface area contributed by atoms with Gasteiger partial charge in [0.2, 0.25) is 15.9 Å². The molecule has 1 heterocycles. The smallest absolute Gasteiger partial charge is 0.224 e. The molecule has 0 radical (unpaired) electrons. The Morgan fingerprint density at radius 1 is 1.27 bits per heavy atom. The molecule has 2 aliphatic rings. The van der Waals surface area contributed by atoms with Crippen LogP contribution in [0.5, 0.6) is 0 Å². The van der Waals surface area contributed by atoms with Crippen molar-refractivity contribution >= 4 is 15.9 Å². The van der Waals surface area contributed by atoms with E-state index in [1.807, 2.05) is 0 Å². The maximum absolute atomic E-state index is 11.6. The largest absolute Gasteiger partial charge is 0.338 e. The first-order valence-electron chi connectivity index (χ1n) is 5.29. The molecule has 1 aliphatic heterocycles. The lowest BCUT2D eigenvalue weighted by Crippen LogP contribution is -2.37. The number of sulfonamides is 1. The molecular formula is C9H16N2O3S. The van der Waals surface area contributed by atoms with Crippen LogP contribution in [0.4, 0.5) is 0 Å². The predicted octanol–water partition coefficient (Wildman–Crippen LogP) is -0.182. The molecule has 2 rings (SSSR count). The van der Waals surface area contributed by atoms with Gasteiger partial charge in [-0.2, -0.15) is 0 Å². The molecule has 0 spiro atoms. The van der Waals surface area contributed by atoms with E-state index in [0.29, 0.717) is 6.54 Å². The van der Waals surface area contributed by atoms with Gasteiger partial charge in [-0.25, -0.2) is 13.6 Å². The summed E-state index contributed by atoms with van der Waals surface area (Å²) in [5.41, 5.74) is 0. The third-order valence-electron chi connectivity index (χ3n) is 3.35. The van der Waals surface area contributed by atoms with E-state index in [2.05, 4.69) is 0 Å². The van der Waals surface area contributed by atoms with Gasteiger partial charge in [-0.15, -0.1) is 0 Å². The van der Waals surface area contributed by atoms with E-state index in [-0.39, 0.29) is 18.4 Å². The second-order valence-electron chi connectivity index (χ2n) is 4.40. The van der Waals surface area contributed by atoms with Crippen LogP contribution in [0.3, 0.4) is 0 Å². The van der Waals surface area contributed by atoms with Crippen LogP contribution < -0.4 is 5.14 Å². The van der Waals surface area contributed by atoms with E-state index >= 15 is 0 Å². The minimum atomic E-state index is -3.56. The Kier molecular flexibility index (Phi) is 2.72. The predicted molar refractivity (Wildman–Crippen MR) is 55.5 cm³/mol. The van der Waals surface area contributed by atoms with Crippen molar-refractivity contribution in [1.82, 2.24) is 4.90 Å². The molecule has 1 amide bonds. The fourth-order valence-electron chi connectivity index (χ4n) is 2.49. The molecule has 1 aliphatic carbocycles. The maximum atomic E-state index is 11.6. The van der Waals surface area contributed by atoms with Crippen molar-refractivity contribution in [3.05, 3.63) is 0 Å². The number of carbonyl (C=O) groups excluding carboxylic acids is 1. The molecule has 86 valence electrons. The topological polar surface area (TPSA) is 80.5 Å². The van der Waals surface area contributed by atoms with Crippen LogP contribution in [0.2, 0.25) is 0 Å². The maximum Gasteiger partial charge on any atom is 0.224 e. The molecule has 6 heteroatoms. The Hall–Kier alpha value is -0.620. The minimum Gasteiger partial charge on any atom is -0.338 e. The minimum absolute atomic E-state index is 0.0547. The average molecular weight is 232 g/mol. The van der Waals surface area contributed by atoms with E-state index in [0.717, 1.165) is 25.7 Å². The van der Waals surface area contributed by atoms with Crippen LogP contribution in [0, 0.1) is 0 Å². The van der Waals surface area contributed by atoms with Gasteiger partial charge in [0.05, 0.1) is 0 Å². The van der Waals surface area contributed by atoms with Gasteiger partial charge in [0.25, 0.3) is 0 Å². The van der Waals surface area contributed by atoms with Crippen LogP contribution in [-0.2, 0) is 14.8 Å². The molecule has 0 aromatic heterocycles. The summed E-state index contributed by atoms with van der Waals surface area (Å²) in [6.45, 7) is 0.294. The second kappa shape index (κ2) is 3.75. The van der Waals surface area contributed by atoms with Crippen LogP contribution in [-0.4, -0.2) is 37.1 Å². The molecule has 1 atom stereocenters. The Balaban J connectivity index is 2.07. The number of rotatable bonds is 2. The van der Waals surface area contributed by atoms with E-state index in [1.165, 1.54) is 0 Å². The van der Waals surface area contributed by atoms with Gasteiger partial charge in [0.15, 0.2) is 0 Å². The number of likely N-dealkylation sites (tertiary alicyclic amines) is 1. The third-order valence-corrected chi connectivity index (χ3v) is 4.60. The van der Waals surface area contributed by atoms with Crippen LogP contribution in [0.1, 0.15) is 32.1 Å². The number of amides is 1. The zero-order valence-electron chi connectivity index (χ0n) is 8.55. The summed E-state index contributed by atoms with van der Waals surface area (Å²) >= 11 is 0. The van der Waals surface area contributed by atoms with Crippen LogP contribution >= 0.6 is 0 Å². The molecule has 0 aromatic rings. The van der Waals surface area contributed by atoms with Gasteiger partial charge in [0.1, 0.15) is 5.25 Å². The first-order valence-corrected chi connectivity index (χ1v) is 6.90. The van der Waals surface area contributed by atoms with E-state index in [9.17, 15) is 13.2 Å². The summed E-state index contributed by atoms with van der Waals surface area (Å²) in [6.07, 6.45) is 4.34. The number of hydrogen-bond donors (Lipinski definition) is 1. The SMILES string of the molecule is NS(=O)(=O)C1CC(=O)N(C2CCCC2)C1. The molecule has 2 fully saturated rings. The molecule has 2 N–H and O–H groups in total. The van der Waals surface area contributed by atoms with Crippen molar-refractivity contribution in [2.45, 2.75) is 43.4 Å². The van der Waals surface area contributed by atoms with Crippen molar-refractivity contribution in [2.75, 3.05) is 6.54 Å². The molecule has 0 aromatic carbocycles. The van der Waals surface area contributed by atoms with Crippen molar-refractivity contribution in [3.63, 3.8) is 0 Å². The Bertz CT molecular complexity index is 360. The lowest BCUT2D eigenvalue weighted by molar-refractivity contribution is -0.129. The number of carbonyl (C=O) groups is 1. The summed E-state index contributed by atoms with van der Waals surface area (Å²) in [5.74, 6) is -0.0547. The fraction of sp³-hybridized carbons (Fsp3) is 0.889. The summed E-state index contributed by atoms with van der Waals surface area (Å²) in [4.78, 5) is 13.3. The molecule has 15 heavy (non-hydrogen) atoms. The van der Waals surface area contributed by atoms with Crippen molar-refractivity contribution in [3.8, 4) is 0 Å². The molecule has 1 unspecified atom stereocenters. The summed E-state index contributed by atoms with van der Waals surface area (Å²) < 4.78 is 22.3. The second-order valence-corrected chi connectivity index (χ2v) is 6.24. The monoisotopic (exact) mass is 232 g/mol. The highest BCUT2D eigenvalue weighted by molar-refractivity contribution is 7.89. The zero-order chi connectivity index (χ0) is 11.1. The number of nitrogens with zero attached hydrogens (tertiary/aromatic N) is 1. The van der Waals surface area contributed by atoms with Gasteiger partial charge in [-0.3, -0.25) is 4.79 Å². The van der Waals surface area contributed by atoms with Crippen molar-refractivity contribution in [1.29, 1.82) is 0 Å². The van der Waals surface area contributed by atoms with E-state index in [1.54, 1.807) is 4.90 Å². The van der Waals surface area contributed by atoms with E-state index < -0.39 is 15.3 Å². The van der Waals surface area contributed by atoms with Crippen molar-refractivity contribution < 1.29 is 13.2 Å². The average Bonchev–Trinajstić information content (AvgIpc) is 2.69. The Labute approximate surface area is 89.7 Å². The quantitative estimate of drug-likeness (QED) is 0.717. The van der Waals surface area contributed by atoms with Crippen LogP contribution in [0.25, 0.3) is 0 Å². The first-order chi connectivity index (χ1) is 6.98. The van der Waals surface area contributed by atoms with E-state index in [4.69, 9.17) is 5.14 Å². The van der Waals surface area contributed by atoms with Gasteiger partial charge in [0, 0.05) is 19.0 Å². The number of hydrogen-bond acceptors (Lipinski definition) is 3. The van der Waals surface area contributed by atoms with Gasteiger partial charge >= 0.3 is 0 Å². The molecule has 1 saturated carbocycles. The number of primary sulfonamides is 1. The standard InChI is InChI=1S/C9H16N2O3S/c10-15(13,14)8-5-9(12)11(6-8)7-3-1-2-4-7/h7-8H,1-6H2,(H2,10,13,14). The van der Waals surface area contributed by atoms with Crippen LogP contribution in [0.15, 0.2) is 0 Å².